The summed E-state index contributed by atoms with van der Waals surface area (Å²) in [5.41, 5.74) is 0.520. The Morgan fingerprint density at radius 1 is 0.808 bits per heavy atom. The number of hydrogen-bond donors (Lipinski definition) is 0. The Bertz CT molecular complexity index is 454. The topological polar surface area (TPSA) is 54.0 Å². The van der Waals surface area contributed by atoms with Gasteiger partial charge >= 0.3 is 14.8 Å². The molecular formula is C20H34O5Si. The van der Waals surface area contributed by atoms with E-state index in [9.17, 15) is 4.79 Å². The van der Waals surface area contributed by atoms with Crippen LogP contribution < -0.4 is 0 Å². The first-order valence-electron chi connectivity index (χ1n) is 9.81. The van der Waals surface area contributed by atoms with E-state index in [1.54, 1.807) is 12.1 Å². The van der Waals surface area contributed by atoms with Crippen LogP contribution in [0.15, 0.2) is 30.3 Å². The molecule has 1 aromatic rings. The third kappa shape index (κ3) is 8.94. The molecule has 6 heteroatoms. The minimum atomic E-state index is -3.05. The van der Waals surface area contributed by atoms with E-state index in [-0.39, 0.29) is 12.2 Å². The summed E-state index contributed by atoms with van der Waals surface area (Å²) in [5.74, 6) is -0.375. The second-order valence-electron chi connectivity index (χ2n) is 6.23. The standard InChI is InChI=1S/C20H34O5Si/c1-4-7-15-23-26(24-16-8-5-2,25-17-9-6-3)18-22-20(21)19-13-11-10-12-14-19/h10-14H,4-9,15-18H2,1-3H3. The van der Waals surface area contributed by atoms with Crippen molar-refractivity contribution in [2.75, 3.05) is 26.1 Å². The van der Waals surface area contributed by atoms with E-state index in [1.807, 2.05) is 18.2 Å². The fraction of sp³-hybridized carbons (Fsp3) is 0.650. The molecule has 0 atom stereocenters. The van der Waals surface area contributed by atoms with Crippen LogP contribution in [0, 0.1) is 0 Å². The maximum Gasteiger partial charge on any atom is 0.540 e. The van der Waals surface area contributed by atoms with Crippen molar-refractivity contribution in [2.24, 2.45) is 0 Å². The second-order valence-corrected chi connectivity index (χ2v) is 8.75. The lowest BCUT2D eigenvalue weighted by Crippen LogP contribution is -2.52. The summed E-state index contributed by atoms with van der Waals surface area (Å²) < 4.78 is 23.7. The van der Waals surface area contributed by atoms with E-state index < -0.39 is 8.80 Å². The van der Waals surface area contributed by atoms with Crippen LogP contribution in [0.3, 0.4) is 0 Å². The molecule has 0 fully saturated rings. The normalized spacial score (nSPS) is 11.5. The molecule has 0 unspecified atom stereocenters. The Kier molecular flexibility index (Phi) is 12.2. The van der Waals surface area contributed by atoms with Crippen LogP contribution in [0.4, 0.5) is 0 Å². The molecule has 0 bridgehead atoms. The van der Waals surface area contributed by atoms with Crippen LogP contribution in [0.25, 0.3) is 0 Å². The highest BCUT2D eigenvalue weighted by Crippen LogP contribution is 2.15. The van der Waals surface area contributed by atoms with Gasteiger partial charge in [-0.2, -0.15) is 0 Å². The van der Waals surface area contributed by atoms with E-state index in [0.717, 1.165) is 38.5 Å². The average Bonchev–Trinajstić information content (AvgIpc) is 2.67. The van der Waals surface area contributed by atoms with Crippen molar-refractivity contribution in [3.05, 3.63) is 35.9 Å². The van der Waals surface area contributed by atoms with Crippen molar-refractivity contribution in [3.8, 4) is 0 Å². The highest BCUT2D eigenvalue weighted by molar-refractivity contribution is 6.60. The number of esters is 1. The van der Waals surface area contributed by atoms with Gasteiger partial charge in [0.05, 0.1) is 5.56 Å². The summed E-state index contributed by atoms with van der Waals surface area (Å²) in [7, 11) is -3.05. The molecule has 26 heavy (non-hydrogen) atoms. The van der Waals surface area contributed by atoms with Crippen LogP contribution in [0.2, 0.25) is 0 Å². The van der Waals surface area contributed by atoms with Gasteiger partial charge in [0, 0.05) is 19.8 Å². The van der Waals surface area contributed by atoms with Gasteiger partial charge in [0.25, 0.3) is 0 Å². The molecule has 1 aromatic carbocycles. The molecule has 0 aliphatic carbocycles. The second kappa shape index (κ2) is 13.9. The Balaban J connectivity index is 2.76. The van der Waals surface area contributed by atoms with Crippen LogP contribution in [-0.2, 0) is 18.0 Å². The number of carbonyl (C=O) groups is 1. The monoisotopic (exact) mass is 382 g/mol. The number of ether oxygens (including phenoxy) is 1. The van der Waals surface area contributed by atoms with Crippen molar-refractivity contribution in [3.63, 3.8) is 0 Å². The number of carbonyl (C=O) groups excluding carboxylic acids is 1. The first kappa shape index (κ1) is 22.8. The number of unbranched alkanes of at least 4 members (excludes halogenated alkanes) is 3. The molecule has 1 rings (SSSR count). The lowest BCUT2D eigenvalue weighted by molar-refractivity contribution is 0.0180. The van der Waals surface area contributed by atoms with Gasteiger partial charge in [0.2, 0.25) is 0 Å². The van der Waals surface area contributed by atoms with Crippen molar-refractivity contribution in [1.82, 2.24) is 0 Å². The van der Waals surface area contributed by atoms with E-state index in [0.29, 0.717) is 25.4 Å². The fourth-order valence-corrected chi connectivity index (χ4v) is 4.35. The van der Waals surface area contributed by atoms with Crippen molar-refractivity contribution >= 4 is 14.8 Å². The van der Waals surface area contributed by atoms with E-state index in [1.165, 1.54) is 0 Å². The zero-order chi connectivity index (χ0) is 19.1. The predicted molar refractivity (Wildman–Crippen MR) is 105 cm³/mol. The zero-order valence-electron chi connectivity index (χ0n) is 16.5. The highest BCUT2D eigenvalue weighted by atomic mass is 28.4. The Hall–Kier alpha value is -1.21. The van der Waals surface area contributed by atoms with Gasteiger partial charge in [-0.15, -0.1) is 0 Å². The quantitative estimate of drug-likeness (QED) is 0.248. The average molecular weight is 383 g/mol. The smallest absolute Gasteiger partial charge is 0.457 e. The molecule has 0 aliphatic rings. The molecule has 0 radical (unpaired) electrons. The van der Waals surface area contributed by atoms with Gasteiger partial charge in [-0.05, 0) is 31.4 Å². The minimum absolute atomic E-state index is 0.0534. The van der Waals surface area contributed by atoms with E-state index in [4.69, 9.17) is 18.0 Å². The molecule has 0 heterocycles. The molecule has 0 saturated heterocycles. The number of benzene rings is 1. The maximum atomic E-state index is 12.3. The summed E-state index contributed by atoms with van der Waals surface area (Å²) in [6.45, 7) is 8.01. The molecule has 0 amide bonds. The molecule has 0 spiro atoms. The Morgan fingerprint density at radius 2 is 1.27 bits per heavy atom. The molecule has 5 nitrogen and oxygen atoms in total. The van der Waals surface area contributed by atoms with Crippen molar-refractivity contribution < 1.29 is 22.8 Å². The van der Waals surface area contributed by atoms with Crippen molar-refractivity contribution in [2.45, 2.75) is 59.3 Å². The maximum absolute atomic E-state index is 12.3. The summed E-state index contributed by atoms with van der Waals surface area (Å²) in [6, 6.07) is 8.97. The first-order chi connectivity index (χ1) is 12.7. The molecule has 0 saturated carbocycles. The van der Waals surface area contributed by atoms with Gasteiger partial charge < -0.3 is 18.0 Å². The minimum Gasteiger partial charge on any atom is -0.457 e. The largest absolute Gasteiger partial charge is 0.540 e. The summed E-state index contributed by atoms with van der Waals surface area (Å²) in [5, 5.41) is 0. The third-order valence-electron chi connectivity index (χ3n) is 3.85. The van der Waals surface area contributed by atoms with Gasteiger partial charge in [-0.1, -0.05) is 58.2 Å². The van der Waals surface area contributed by atoms with Crippen molar-refractivity contribution in [1.29, 1.82) is 0 Å². The van der Waals surface area contributed by atoms with Gasteiger partial charge in [-0.25, -0.2) is 4.79 Å². The number of hydrogen-bond acceptors (Lipinski definition) is 5. The lowest BCUT2D eigenvalue weighted by atomic mass is 10.2. The summed E-state index contributed by atoms with van der Waals surface area (Å²) in [4.78, 5) is 12.3. The molecular weight excluding hydrogens is 348 g/mol. The van der Waals surface area contributed by atoms with E-state index >= 15 is 0 Å². The Labute approximate surface area is 159 Å². The molecule has 0 N–H and O–H groups in total. The van der Waals surface area contributed by atoms with Crippen LogP contribution in [0.5, 0.6) is 0 Å². The molecule has 148 valence electrons. The summed E-state index contributed by atoms with van der Waals surface area (Å²) >= 11 is 0. The lowest BCUT2D eigenvalue weighted by Gasteiger charge is -2.29. The molecule has 0 aromatic heterocycles. The van der Waals surface area contributed by atoms with Crippen LogP contribution in [0.1, 0.15) is 69.7 Å². The highest BCUT2D eigenvalue weighted by Gasteiger charge is 2.43. The first-order valence-corrected chi connectivity index (χ1v) is 11.7. The van der Waals surface area contributed by atoms with Gasteiger partial charge in [0.1, 0.15) is 0 Å². The van der Waals surface area contributed by atoms with Gasteiger partial charge in [-0.3, -0.25) is 0 Å². The Morgan fingerprint density at radius 3 is 1.69 bits per heavy atom. The SMILES string of the molecule is CCCCO[Si](COC(=O)c1ccccc1)(OCCCC)OCCCC. The zero-order valence-corrected chi connectivity index (χ0v) is 17.5. The van der Waals surface area contributed by atoms with Crippen LogP contribution in [-0.4, -0.2) is 40.8 Å². The van der Waals surface area contributed by atoms with E-state index in [2.05, 4.69) is 20.8 Å². The third-order valence-corrected chi connectivity index (χ3v) is 6.28. The molecule has 0 aliphatic heterocycles. The fourth-order valence-electron chi connectivity index (χ4n) is 2.18. The predicted octanol–water partition coefficient (Wildman–Crippen LogP) is 4.77. The van der Waals surface area contributed by atoms with Gasteiger partial charge in [0.15, 0.2) is 6.23 Å². The summed E-state index contributed by atoms with van der Waals surface area (Å²) in [6.07, 6.45) is 5.91. The number of rotatable bonds is 15. The van der Waals surface area contributed by atoms with Crippen LogP contribution >= 0.6 is 0 Å².